The number of allylic oxidation sites excluding steroid dienone is 12. The van der Waals surface area contributed by atoms with Crippen LogP contribution in [0, 0.1) is 0 Å². The third kappa shape index (κ3) is 5.55. The first-order valence-electron chi connectivity index (χ1n) is 7.66. The van der Waals surface area contributed by atoms with Gasteiger partial charge in [0.15, 0.2) is 5.78 Å². The summed E-state index contributed by atoms with van der Waals surface area (Å²) in [6, 6.07) is 0. The van der Waals surface area contributed by atoms with E-state index in [4.69, 9.17) is 0 Å². The van der Waals surface area contributed by atoms with E-state index < -0.39 is 0 Å². The molecule has 0 spiro atoms. The Hall–Kier alpha value is -1.89. The Bertz CT molecular complexity index is 548. The van der Waals surface area contributed by atoms with Gasteiger partial charge in [-0.3, -0.25) is 4.79 Å². The molecule has 0 amide bonds. The van der Waals surface area contributed by atoms with Crippen molar-refractivity contribution < 1.29 is 4.79 Å². The Kier molecular flexibility index (Phi) is 7.45. The summed E-state index contributed by atoms with van der Waals surface area (Å²) in [7, 11) is 0. The highest BCUT2D eigenvalue weighted by Gasteiger charge is 2.20. The average Bonchev–Trinajstić information content (AvgIpc) is 2.48. The summed E-state index contributed by atoms with van der Waals surface area (Å²) in [5.41, 5.74) is 4.08. The van der Waals surface area contributed by atoms with E-state index in [1.54, 1.807) is 0 Å². The maximum Gasteiger partial charge on any atom is 0.185 e. The number of ketones is 1. The number of carbonyl (C=O) groups excluding carboxylic acids is 1. The van der Waals surface area contributed by atoms with Crippen LogP contribution < -0.4 is 0 Å². The van der Waals surface area contributed by atoms with Gasteiger partial charge in [0.05, 0.1) is 0 Å². The number of hydrogen-bond donors (Lipinski definition) is 0. The molecule has 0 aromatic rings. The molecule has 112 valence electrons. The van der Waals surface area contributed by atoms with Crippen molar-refractivity contribution in [1.82, 2.24) is 0 Å². The number of carbonyl (C=O) groups is 1. The van der Waals surface area contributed by atoms with Gasteiger partial charge in [0.25, 0.3) is 0 Å². The molecule has 0 aromatic heterocycles. The molecular weight excluding hydrogens is 256 g/mol. The maximum absolute atomic E-state index is 12.6. The minimum Gasteiger partial charge on any atom is -0.289 e. The molecular formula is C20H26O. The van der Waals surface area contributed by atoms with Crippen molar-refractivity contribution in [3.8, 4) is 0 Å². The van der Waals surface area contributed by atoms with Crippen LogP contribution in [-0.4, -0.2) is 5.78 Å². The summed E-state index contributed by atoms with van der Waals surface area (Å²) >= 11 is 0. The Morgan fingerprint density at radius 2 is 1.67 bits per heavy atom. The fourth-order valence-corrected chi connectivity index (χ4v) is 2.37. The zero-order chi connectivity index (χ0) is 15.7. The van der Waals surface area contributed by atoms with Crippen LogP contribution in [-0.2, 0) is 4.79 Å². The van der Waals surface area contributed by atoms with Crippen molar-refractivity contribution in [1.29, 1.82) is 0 Å². The summed E-state index contributed by atoms with van der Waals surface area (Å²) in [6.45, 7) is 8.02. The first-order valence-corrected chi connectivity index (χ1v) is 7.66. The Morgan fingerprint density at radius 1 is 1.00 bits per heavy atom. The van der Waals surface area contributed by atoms with Crippen LogP contribution >= 0.6 is 0 Å². The van der Waals surface area contributed by atoms with Gasteiger partial charge in [-0.15, -0.1) is 0 Å². The van der Waals surface area contributed by atoms with Gasteiger partial charge < -0.3 is 0 Å². The second-order valence-electron chi connectivity index (χ2n) is 5.25. The molecule has 0 bridgehead atoms. The number of rotatable bonds is 4. The zero-order valence-corrected chi connectivity index (χ0v) is 13.6. The van der Waals surface area contributed by atoms with Crippen molar-refractivity contribution >= 4 is 5.78 Å². The molecule has 0 N–H and O–H groups in total. The van der Waals surface area contributed by atoms with Gasteiger partial charge in [-0.1, -0.05) is 48.1 Å². The second-order valence-corrected chi connectivity index (χ2v) is 5.25. The Balaban J connectivity index is 3.01. The molecule has 0 radical (unpaired) electrons. The number of hydrogen-bond acceptors (Lipinski definition) is 1. The molecule has 1 rings (SSSR count). The molecule has 1 aliphatic carbocycles. The fraction of sp³-hybridized carbons (Fsp3) is 0.350. The van der Waals surface area contributed by atoms with Crippen molar-refractivity contribution in [2.75, 3.05) is 0 Å². The SMILES string of the molecule is C\C=C/C=C(C)/C=C1\CCC\C(=C/C(/C=C\C)=C/C)C1=O. The van der Waals surface area contributed by atoms with Crippen LogP contribution in [0.15, 0.2) is 70.9 Å². The molecule has 0 heterocycles. The van der Waals surface area contributed by atoms with E-state index in [-0.39, 0.29) is 5.78 Å². The van der Waals surface area contributed by atoms with Gasteiger partial charge in [0.2, 0.25) is 0 Å². The Morgan fingerprint density at radius 3 is 2.24 bits per heavy atom. The van der Waals surface area contributed by atoms with Gasteiger partial charge in [0, 0.05) is 11.1 Å². The van der Waals surface area contributed by atoms with Gasteiger partial charge >= 0.3 is 0 Å². The second kappa shape index (κ2) is 9.12. The molecule has 0 atom stereocenters. The number of Topliss-reactive ketones (excluding diaryl/α,β-unsaturated/α-hetero) is 1. The van der Waals surface area contributed by atoms with Crippen LogP contribution in [0.2, 0.25) is 0 Å². The Labute approximate surface area is 129 Å². The van der Waals surface area contributed by atoms with Crippen LogP contribution in [0.1, 0.15) is 47.0 Å². The van der Waals surface area contributed by atoms with Gasteiger partial charge in [-0.2, -0.15) is 0 Å². The molecule has 0 unspecified atom stereocenters. The van der Waals surface area contributed by atoms with Crippen LogP contribution in [0.4, 0.5) is 0 Å². The standard InChI is InChI=1S/C20H26O/c1-5-8-11-16(4)14-18-12-9-13-19(20(18)21)15-17(7-3)10-6-2/h5-8,10-11,14-15H,9,12-13H2,1-4H3/b8-5-,10-6-,16-11+,17-7+,18-14+,19-15+. The lowest BCUT2D eigenvalue weighted by atomic mass is 9.86. The molecule has 21 heavy (non-hydrogen) atoms. The van der Waals surface area contributed by atoms with E-state index in [0.29, 0.717) is 0 Å². The fourth-order valence-electron chi connectivity index (χ4n) is 2.37. The average molecular weight is 282 g/mol. The van der Waals surface area contributed by atoms with Gasteiger partial charge in [-0.25, -0.2) is 0 Å². The summed E-state index contributed by atoms with van der Waals surface area (Å²) in [4.78, 5) is 12.6. The van der Waals surface area contributed by atoms with Crippen LogP contribution in [0.5, 0.6) is 0 Å². The predicted octanol–water partition coefficient (Wildman–Crippen LogP) is 5.64. The minimum absolute atomic E-state index is 0.207. The van der Waals surface area contributed by atoms with E-state index in [9.17, 15) is 4.79 Å². The highest BCUT2D eigenvalue weighted by Crippen LogP contribution is 2.27. The molecule has 1 nitrogen and oxygen atoms in total. The molecule has 1 aliphatic rings. The highest BCUT2D eigenvalue weighted by molar-refractivity contribution is 6.09. The van der Waals surface area contributed by atoms with Crippen molar-refractivity contribution in [3.05, 3.63) is 70.9 Å². The van der Waals surface area contributed by atoms with Crippen molar-refractivity contribution in [2.45, 2.75) is 47.0 Å². The highest BCUT2D eigenvalue weighted by atomic mass is 16.1. The van der Waals surface area contributed by atoms with Gasteiger partial charge in [-0.05, 0) is 58.6 Å². The first kappa shape index (κ1) is 17.2. The molecule has 0 aromatic carbocycles. The largest absolute Gasteiger partial charge is 0.289 e. The third-order valence-corrected chi connectivity index (χ3v) is 3.46. The van der Waals surface area contributed by atoms with E-state index >= 15 is 0 Å². The molecule has 1 heteroatoms. The minimum atomic E-state index is 0.207. The lowest BCUT2D eigenvalue weighted by molar-refractivity contribution is -0.113. The first-order chi connectivity index (χ1) is 10.1. The van der Waals surface area contributed by atoms with E-state index in [2.05, 4.69) is 0 Å². The lowest BCUT2D eigenvalue weighted by Crippen LogP contribution is -2.12. The summed E-state index contributed by atoms with van der Waals surface area (Å²) < 4.78 is 0. The van der Waals surface area contributed by atoms with Crippen LogP contribution in [0.25, 0.3) is 0 Å². The maximum atomic E-state index is 12.6. The lowest BCUT2D eigenvalue weighted by Gasteiger charge is -2.16. The van der Waals surface area contributed by atoms with Crippen molar-refractivity contribution in [2.24, 2.45) is 0 Å². The predicted molar refractivity (Wildman–Crippen MR) is 92.2 cm³/mol. The molecule has 0 saturated heterocycles. The summed E-state index contributed by atoms with van der Waals surface area (Å²) in [5.74, 6) is 0.207. The van der Waals surface area contributed by atoms with E-state index in [0.717, 1.165) is 41.6 Å². The summed E-state index contributed by atoms with van der Waals surface area (Å²) in [5, 5.41) is 0. The van der Waals surface area contributed by atoms with E-state index in [1.165, 1.54) is 0 Å². The van der Waals surface area contributed by atoms with Crippen LogP contribution in [0.3, 0.4) is 0 Å². The quantitative estimate of drug-likeness (QED) is 0.482. The van der Waals surface area contributed by atoms with Crippen molar-refractivity contribution in [3.63, 3.8) is 0 Å². The molecule has 1 saturated carbocycles. The molecule has 0 aliphatic heterocycles. The smallest absolute Gasteiger partial charge is 0.185 e. The van der Waals surface area contributed by atoms with E-state index in [1.807, 2.05) is 76.3 Å². The zero-order valence-electron chi connectivity index (χ0n) is 13.6. The normalized spacial score (nSPS) is 22.2. The monoisotopic (exact) mass is 282 g/mol. The topological polar surface area (TPSA) is 17.1 Å². The third-order valence-electron chi connectivity index (χ3n) is 3.46. The summed E-state index contributed by atoms with van der Waals surface area (Å²) in [6.07, 6.45) is 19.0. The molecule has 1 fully saturated rings. The van der Waals surface area contributed by atoms with Gasteiger partial charge in [0.1, 0.15) is 0 Å².